The number of hydrogen-bond acceptors (Lipinski definition) is 6. The van der Waals surface area contributed by atoms with Crippen molar-refractivity contribution < 1.29 is 29.2 Å². The van der Waals surface area contributed by atoms with Crippen LogP contribution in [0.3, 0.4) is 0 Å². The zero-order valence-corrected chi connectivity index (χ0v) is 26.8. The molecule has 0 rings (SSSR count). The second-order valence-corrected chi connectivity index (χ2v) is 5.74. The maximum absolute atomic E-state index is 9.25. The first-order valence-corrected chi connectivity index (χ1v) is 6.56. The van der Waals surface area contributed by atoms with Gasteiger partial charge in [0.2, 0.25) is 0 Å². The summed E-state index contributed by atoms with van der Waals surface area (Å²) < 4.78 is 20.5. The maximum Gasteiger partial charge on any atom is 0.0700 e. The Bertz CT molecular complexity index is 227. The van der Waals surface area contributed by atoms with Crippen molar-refractivity contribution in [3.8, 4) is 0 Å². The van der Waals surface area contributed by atoms with Gasteiger partial charge < -0.3 is 29.2 Å². The minimum atomic E-state index is -0.455. The molecule has 8 heteroatoms. The van der Waals surface area contributed by atoms with Crippen molar-refractivity contribution in [2.75, 3.05) is 52.9 Å². The van der Waals surface area contributed by atoms with E-state index in [1.807, 2.05) is 13.8 Å². The SMILES string of the molecule is C.C.C.C.C.C.[CH2-]OCC(C)(CO)COCCOCC(C)(CO)CO[CH2-].[Rf].[Rf]. The minimum Gasteiger partial charge on any atom is -0.554 e. The van der Waals surface area contributed by atoms with Crippen molar-refractivity contribution >= 4 is 0 Å². The van der Waals surface area contributed by atoms with E-state index in [2.05, 4.69) is 14.2 Å². The predicted molar refractivity (Wildman–Crippen MR) is 115 cm³/mol. The summed E-state index contributed by atoms with van der Waals surface area (Å²) in [5, 5.41) is 18.5. The zero-order chi connectivity index (χ0) is 15.5. The largest absolute Gasteiger partial charge is 0.554 e. The van der Waals surface area contributed by atoms with Gasteiger partial charge in [0.15, 0.2) is 0 Å². The Kier molecular flexibility index (Phi) is 59.3. The standard InChI is InChI=1S/C14H28O6.6CH4.2Rf/c1-13(7-15,9-17-3)11-19-5-6-20-12-14(2,8-16)10-18-4;;;;;;;;/h15-16H,3-12H2,1-2H3;6*1H4;;/q-2;;;;;;;;. The molecule has 28 heavy (non-hydrogen) atoms. The second-order valence-electron chi connectivity index (χ2n) is 5.74. The number of rotatable bonds is 13. The van der Waals surface area contributed by atoms with E-state index < -0.39 is 10.8 Å². The van der Waals surface area contributed by atoms with Gasteiger partial charge in [0, 0.05) is 24.0 Å². The summed E-state index contributed by atoms with van der Waals surface area (Å²) in [4.78, 5) is 0. The van der Waals surface area contributed by atoms with Crippen LogP contribution < -0.4 is 0 Å². The molecule has 2 N–H and O–H groups in total. The fraction of sp³-hybridized carbons (Fsp3) is 0.900. The van der Waals surface area contributed by atoms with E-state index in [0.29, 0.717) is 39.6 Å². The van der Waals surface area contributed by atoms with Gasteiger partial charge in [-0.05, 0) is 0 Å². The Balaban J connectivity index is -0.0000000645. The molecular weight excluding hydrogens is 870 g/mol. The van der Waals surface area contributed by atoms with Crippen LogP contribution >= 0.6 is 0 Å². The van der Waals surface area contributed by atoms with Crippen molar-refractivity contribution in [2.45, 2.75) is 58.4 Å². The molecule has 0 aromatic rings. The maximum atomic E-state index is 9.25. The summed E-state index contributed by atoms with van der Waals surface area (Å²) in [6, 6.07) is 0. The molecule has 6 nitrogen and oxygen atoms in total. The molecule has 0 saturated heterocycles. The van der Waals surface area contributed by atoms with Crippen LogP contribution in [0.1, 0.15) is 58.4 Å². The van der Waals surface area contributed by atoms with E-state index in [-0.39, 0.29) is 57.8 Å². The summed E-state index contributed by atoms with van der Waals surface area (Å²) in [5.74, 6) is 0. The third-order valence-electron chi connectivity index (χ3n) is 2.94. The zero-order valence-electron chi connectivity index (χ0n) is 14.0. The van der Waals surface area contributed by atoms with Crippen molar-refractivity contribution in [1.29, 1.82) is 0 Å². The number of ether oxygens (including phenoxy) is 4. The van der Waals surface area contributed by atoms with Crippen LogP contribution in [-0.2, 0) is 18.9 Å². The molecule has 0 aliphatic carbocycles. The third kappa shape index (κ3) is 23.8. The van der Waals surface area contributed by atoms with Crippen LogP contribution in [0.15, 0.2) is 0 Å². The summed E-state index contributed by atoms with van der Waals surface area (Å²) in [6.07, 6.45) is 0. The van der Waals surface area contributed by atoms with Gasteiger partial charge in [-0.2, -0.15) is 0 Å². The molecule has 2 unspecified atom stereocenters. The first-order chi connectivity index (χ1) is 9.45. The first-order valence-electron chi connectivity index (χ1n) is 6.56. The Morgan fingerprint density at radius 3 is 1.04 bits per heavy atom. The number of aliphatic hydroxyl groups is 2. The van der Waals surface area contributed by atoms with Crippen molar-refractivity contribution in [3.05, 3.63) is 14.2 Å². The normalized spacial score (nSPS) is 12.6. The fourth-order valence-corrected chi connectivity index (χ4v) is 1.51. The van der Waals surface area contributed by atoms with Crippen LogP contribution in [0, 0.1) is 25.0 Å². The molecule has 0 aromatic heterocycles. The molecule has 174 valence electrons. The van der Waals surface area contributed by atoms with Crippen molar-refractivity contribution in [3.63, 3.8) is 0 Å². The van der Waals surface area contributed by atoms with Gasteiger partial charge in [-0.15, -0.1) is 0 Å². The van der Waals surface area contributed by atoms with E-state index in [1.54, 1.807) is 0 Å². The summed E-state index contributed by atoms with van der Waals surface area (Å²) >= 11 is 0. The summed E-state index contributed by atoms with van der Waals surface area (Å²) in [6.45, 7) is 5.82. The van der Waals surface area contributed by atoms with Gasteiger partial charge in [0.1, 0.15) is 0 Å². The monoisotopic (exact) mass is 923 g/mol. The smallest absolute Gasteiger partial charge is 0.0700 e. The van der Waals surface area contributed by atoms with Gasteiger partial charge in [-0.1, -0.05) is 58.4 Å². The molecule has 0 heterocycles. The topological polar surface area (TPSA) is 77.4 Å². The predicted octanol–water partition coefficient (Wildman–Crippen LogP) is 4.45. The Labute approximate surface area is 166 Å². The Morgan fingerprint density at radius 1 is 0.607 bits per heavy atom. The minimum absolute atomic E-state index is 0. The second kappa shape index (κ2) is 29.5. The number of hydrogen-bond donors (Lipinski definition) is 2. The Hall–Kier alpha value is -2.24. The summed E-state index contributed by atoms with van der Waals surface area (Å²) in [7, 11) is 6.60. The third-order valence-corrected chi connectivity index (χ3v) is 2.94. The van der Waals surface area contributed by atoms with E-state index in [4.69, 9.17) is 18.9 Å². The van der Waals surface area contributed by atoms with Crippen LogP contribution in [0.4, 0.5) is 0 Å². The molecular formula is C20H52O6Rf2-2. The van der Waals surface area contributed by atoms with E-state index in [9.17, 15) is 10.2 Å². The van der Waals surface area contributed by atoms with Gasteiger partial charge in [0.05, 0.1) is 39.6 Å². The van der Waals surface area contributed by atoms with E-state index in [1.165, 1.54) is 0 Å². The average molecular weight is 923 g/mol. The van der Waals surface area contributed by atoms with Gasteiger partial charge in [0.25, 0.3) is 0 Å². The molecule has 0 fully saturated rings. The molecule has 0 radical (unpaired) electrons. The Morgan fingerprint density at radius 2 is 0.857 bits per heavy atom. The van der Waals surface area contributed by atoms with Crippen LogP contribution in [0.5, 0.6) is 0 Å². The molecule has 0 amide bonds. The molecule has 0 bridgehead atoms. The molecule has 0 aliphatic rings. The van der Waals surface area contributed by atoms with Crippen LogP contribution in [-0.4, -0.2) is 63.1 Å². The quantitative estimate of drug-likeness (QED) is 0.210. The van der Waals surface area contributed by atoms with E-state index in [0.717, 1.165) is 0 Å². The summed E-state index contributed by atoms with van der Waals surface area (Å²) in [5.41, 5.74) is -0.911. The molecule has 2 atom stereocenters. The molecule has 0 spiro atoms. The number of aliphatic hydroxyl groups excluding tert-OH is 2. The molecule has 0 aromatic carbocycles. The molecule has 0 aliphatic heterocycles. The fourth-order valence-electron chi connectivity index (χ4n) is 1.51. The average Bonchev–Trinajstić information content (AvgIpc) is 2.43. The van der Waals surface area contributed by atoms with Crippen LogP contribution in [0.25, 0.3) is 0 Å². The van der Waals surface area contributed by atoms with Gasteiger partial charge >= 0.3 is 0 Å². The van der Waals surface area contributed by atoms with Gasteiger partial charge in [-0.3, -0.25) is 0 Å². The van der Waals surface area contributed by atoms with Crippen LogP contribution in [0.2, 0.25) is 0 Å². The molecule has 0 saturated carbocycles. The van der Waals surface area contributed by atoms with Crippen molar-refractivity contribution in [2.24, 2.45) is 10.8 Å². The van der Waals surface area contributed by atoms with Gasteiger partial charge in [-0.25, -0.2) is 14.2 Å². The first kappa shape index (κ1) is 56.2. The van der Waals surface area contributed by atoms with E-state index >= 15 is 0 Å². The van der Waals surface area contributed by atoms with Crippen molar-refractivity contribution in [1.82, 2.24) is 0 Å².